The molecule has 2 saturated carbocycles. The van der Waals surface area contributed by atoms with Crippen molar-refractivity contribution in [1.82, 2.24) is 4.98 Å². The van der Waals surface area contributed by atoms with E-state index in [1.165, 1.54) is 29.5 Å². The van der Waals surface area contributed by atoms with Crippen LogP contribution in [0.15, 0.2) is 67.0 Å². The molecular formula is C33H37ClN2O3. The van der Waals surface area contributed by atoms with Crippen molar-refractivity contribution in [2.24, 2.45) is 11.8 Å². The summed E-state index contributed by atoms with van der Waals surface area (Å²) < 4.78 is 6.37. The molecule has 1 spiro atoms. The minimum Gasteiger partial charge on any atom is -0.493 e. The molecule has 0 radical (unpaired) electrons. The number of aromatic nitrogens is 1. The first-order valence-electron chi connectivity index (χ1n) is 14.3. The van der Waals surface area contributed by atoms with E-state index >= 15 is 0 Å². The molecule has 204 valence electrons. The summed E-state index contributed by atoms with van der Waals surface area (Å²) in [6.07, 6.45) is 11.2. The average Bonchev–Trinajstić information content (AvgIpc) is 3.74. The zero-order valence-electron chi connectivity index (χ0n) is 22.5. The second-order valence-corrected chi connectivity index (χ2v) is 12.5. The summed E-state index contributed by atoms with van der Waals surface area (Å²) in [6, 6.07) is 18.2. The first kappa shape index (κ1) is 26.2. The molecule has 2 N–H and O–H groups in total. The minimum atomic E-state index is -0.993. The number of carboxylic acid groups (broad SMARTS) is 1. The topological polar surface area (TPSA) is 71.5 Å². The van der Waals surface area contributed by atoms with E-state index < -0.39 is 11.5 Å². The minimum absolute atomic E-state index is 0.00431. The molecule has 0 amide bonds. The second kappa shape index (κ2) is 10.5. The van der Waals surface area contributed by atoms with Crippen molar-refractivity contribution in [1.29, 1.82) is 0 Å². The molecule has 2 fully saturated rings. The van der Waals surface area contributed by atoms with Crippen LogP contribution in [0.3, 0.4) is 0 Å². The third kappa shape index (κ3) is 5.14. The van der Waals surface area contributed by atoms with E-state index in [1.807, 2.05) is 42.7 Å². The zero-order chi connectivity index (χ0) is 27.0. The van der Waals surface area contributed by atoms with E-state index in [4.69, 9.17) is 16.3 Å². The van der Waals surface area contributed by atoms with Gasteiger partial charge in [-0.05, 0) is 110 Å². The van der Waals surface area contributed by atoms with Gasteiger partial charge in [0, 0.05) is 28.7 Å². The Balaban J connectivity index is 1.19. The van der Waals surface area contributed by atoms with E-state index in [0.717, 1.165) is 37.1 Å². The lowest BCUT2D eigenvalue weighted by atomic mass is 9.59. The van der Waals surface area contributed by atoms with Crippen molar-refractivity contribution in [3.05, 3.63) is 88.7 Å². The molecule has 1 heterocycles. The molecule has 6 heteroatoms. The number of halogens is 1. The summed E-state index contributed by atoms with van der Waals surface area (Å²) in [4.78, 5) is 17.0. The second-order valence-electron chi connectivity index (χ2n) is 12.1. The predicted octanol–water partition coefficient (Wildman–Crippen LogP) is 7.64. The number of hydrogen-bond acceptors (Lipinski definition) is 4. The SMILES string of the molecule is C[C@@H](COc1ccncc1C1CC1)CC1Cc2ccccc2C12CCC(Nc1cccc(Cl)c1)(C(=O)O)CC2. The third-order valence-electron chi connectivity index (χ3n) is 9.45. The zero-order valence-corrected chi connectivity index (χ0v) is 23.3. The number of benzene rings is 2. The van der Waals surface area contributed by atoms with Gasteiger partial charge >= 0.3 is 5.97 Å². The lowest BCUT2D eigenvalue weighted by molar-refractivity contribution is -0.144. The van der Waals surface area contributed by atoms with Crippen LogP contribution in [0.1, 0.15) is 74.5 Å². The van der Waals surface area contributed by atoms with Crippen LogP contribution < -0.4 is 10.1 Å². The van der Waals surface area contributed by atoms with E-state index in [9.17, 15) is 9.90 Å². The van der Waals surface area contributed by atoms with Gasteiger partial charge in [-0.1, -0.05) is 48.9 Å². The molecule has 2 aromatic carbocycles. The van der Waals surface area contributed by atoms with Gasteiger partial charge in [-0.2, -0.15) is 0 Å². The molecule has 3 aliphatic carbocycles. The van der Waals surface area contributed by atoms with Crippen LogP contribution >= 0.6 is 11.6 Å². The maximum absolute atomic E-state index is 12.7. The first-order valence-corrected chi connectivity index (χ1v) is 14.7. The standard InChI is InChI=1S/C33H37ClN2O3/c1-22(21-39-30-11-16-35-20-28(30)23-9-10-23)17-25-18-24-5-2-3-8-29(24)32(25)12-14-33(15-13-32,31(37)38)36-27-7-4-6-26(34)19-27/h2-8,11,16,19-20,22-23,25,36H,9-10,12-15,17-18,21H2,1H3,(H,37,38)/t22-,25?,32?,33?/m1/s1. The number of nitrogens with zero attached hydrogens (tertiary/aromatic N) is 1. The van der Waals surface area contributed by atoms with Gasteiger partial charge in [0.05, 0.1) is 6.61 Å². The number of aliphatic carboxylic acids is 1. The van der Waals surface area contributed by atoms with Crippen LogP contribution in [0.4, 0.5) is 5.69 Å². The molecule has 6 rings (SSSR count). The smallest absolute Gasteiger partial charge is 0.329 e. The normalized spacial score (nSPS) is 26.7. The van der Waals surface area contributed by atoms with E-state index in [0.29, 0.717) is 42.2 Å². The molecule has 1 unspecified atom stereocenters. The van der Waals surface area contributed by atoms with Gasteiger partial charge in [0.2, 0.25) is 0 Å². The molecule has 39 heavy (non-hydrogen) atoms. The summed E-state index contributed by atoms with van der Waals surface area (Å²) in [7, 11) is 0. The highest BCUT2D eigenvalue weighted by Gasteiger charge is 2.54. The van der Waals surface area contributed by atoms with Crippen LogP contribution in [0, 0.1) is 11.8 Å². The predicted molar refractivity (Wildman–Crippen MR) is 155 cm³/mol. The number of fused-ring (bicyclic) bond motifs is 2. The maximum atomic E-state index is 12.7. The van der Waals surface area contributed by atoms with E-state index in [1.54, 1.807) is 0 Å². The molecule has 3 aliphatic rings. The fraction of sp³-hybridized carbons (Fsp3) is 0.455. The van der Waals surface area contributed by atoms with Crippen LogP contribution in [-0.2, 0) is 16.6 Å². The van der Waals surface area contributed by atoms with E-state index in [2.05, 4.69) is 41.5 Å². The summed E-state index contributed by atoms with van der Waals surface area (Å²) in [5, 5.41) is 14.4. The number of carbonyl (C=O) groups is 1. The Morgan fingerprint density at radius 3 is 2.67 bits per heavy atom. The van der Waals surface area contributed by atoms with Crippen molar-refractivity contribution < 1.29 is 14.6 Å². The van der Waals surface area contributed by atoms with Crippen molar-refractivity contribution in [3.63, 3.8) is 0 Å². The Morgan fingerprint density at radius 1 is 1.13 bits per heavy atom. The van der Waals surface area contributed by atoms with Crippen molar-refractivity contribution in [2.45, 2.75) is 75.2 Å². The lowest BCUT2D eigenvalue weighted by Gasteiger charge is -2.47. The van der Waals surface area contributed by atoms with Crippen molar-refractivity contribution >= 4 is 23.3 Å². The van der Waals surface area contributed by atoms with Gasteiger partial charge < -0.3 is 15.2 Å². The molecule has 2 atom stereocenters. The highest BCUT2D eigenvalue weighted by Crippen LogP contribution is 2.56. The number of carboxylic acids is 1. The van der Waals surface area contributed by atoms with Crippen LogP contribution in [-0.4, -0.2) is 28.2 Å². The number of rotatable bonds is 9. The summed E-state index contributed by atoms with van der Waals surface area (Å²) in [5.41, 5.74) is 3.86. The molecule has 0 saturated heterocycles. The highest BCUT2D eigenvalue weighted by molar-refractivity contribution is 6.30. The number of pyridine rings is 1. The third-order valence-corrected chi connectivity index (χ3v) is 9.69. The van der Waals surface area contributed by atoms with Gasteiger partial charge in [-0.3, -0.25) is 4.98 Å². The van der Waals surface area contributed by atoms with Crippen molar-refractivity contribution in [2.75, 3.05) is 11.9 Å². The quantitative estimate of drug-likeness (QED) is 0.289. The Morgan fingerprint density at radius 2 is 1.92 bits per heavy atom. The van der Waals surface area contributed by atoms with Crippen molar-refractivity contribution in [3.8, 4) is 5.75 Å². The number of ether oxygens (including phenoxy) is 1. The molecule has 1 aromatic heterocycles. The molecule has 0 bridgehead atoms. The molecular weight excluding hydrogens is 508 g/mol. The molecule has 0 aliphatic heterocycles. The Kier molecular flexibility index (Phi) is 7.05. The largest absolute Gasteiger partial charge is 0.493 e. The summed E-state index contributed by atoms with van der Waals surface area (Å²) in [6.45, 7) is 2.97. The average molecular weight is 545 g/mol. The number of nitrogens with one attached hydrogen (secondary N) is 1. The van der Waals surface area contributed by atoms with Gasteiger partial charge in [-0.15, -0.1) is 0 Å². The lowest BCUT2D eigenvalue weighted by Crippen LogP contribution is -2.53. The monoisotopic (exact) mass is 544 g/mol. The fourth-order valence-electron chi connectivity index (χ4n) is 7.22. The van der Waals surface area contributed by atoms with Gasteiger partial charge in [0.1, 0.15) is 11.3 Å². The van der Waals surface area contributed by atoms with Crippen LogP contribution in [0.5, 0.6) is 5.75 Å². The number of hydrogen-bond donors (Lipinski definition) is 2. The van der Waals surface area contributed by atoms with Gasteiger partial charge in [0.15, 0.2) is 0 Å². The Hall–Kier alpha value is -3.05. The Bertz CT molecular complexity index is 1350. The maximum Gasteiger partial charge on any atom is 0.329 e. The summed E-state index contributed by atoms with van der Waals surface area (Å²) in [5.74, 6) is 1.66. The first-order chi connectivity index (χ1) is 18.9. The molecule has 5 nitrogen and oxygen atoms in total. The van der Waals surface area contributed by atoms with Gasteiger partial charge in [0.25, 0.3) is 0 Å². The Labute approximate surface area is 236 Å². The molecule has 3 aromatic rings. The fourth-order valence-corrected chi connectivity index (χ4v) is 7.41. The van der Waals surface area contributed by atoms with Crippen LogP contribution in [0.25, 0.3) is 0 Å². The highest BCUT2D eigenvalue weighted by atomic mass is 35.5. The van der Waals surface area contributed by atoms with Crippen LogP contribution in [0.2, 0.25) is 5.02 Å². The van der Waals surface area contributed by atoms with E-state index in [-0.39, 0.29) is 5.41 Å². The number of anilines is 1. The van der Waals surface area contributed by atoms with Gasteiger partial charge in [-0.25, -0.2) is 4.79 Å². The summed E-state index contributed by atoms with van der Waals surface area (Å²) >= 11 is 6.20.